The van der Waals surface area contributed by atoms with Crippen LogP contribution in [0, 0.1) is 0 Å². The fourth-order valence-corrected chi connectivity index (χ4v) is 3.68. The lowest BCUT2D eigenvalue weighted by Crippen LogP contribution is -2.33. The van der Waals surface area contributed by atoms with Crippen LogP contribution in [0.25, 0.3) is 0 Å². The average Bonchev–Trinajstić information content (AvgIpc) is 3.17. The first-order valence-corrected chi connectivity index (χ1v) is 8.90. The molecule has 1 aromatic rings. The minimum atomic E-state index is 0.313. The maximum Gasteiger partial charge on any atom is 0.228 e. The first kappa shape index (κ1) is 14.9. The Hall–Kier alpha value is -1.01. The molecule has 6 heteroatoms. The van der Waals surface area contributed by atoms with Crippen molar-refractivity contribution in [1.29, 1.82) is 0 Å². The molecule has 0 amide bonds. The summed E-state index contributed by atoms with van der Waals surface area (Å²) in [5.41, 5.74) is 0. The molecule has 2 aliphatic rings. The van der Waals surface area contributed by atoms with Crippen LogP contribution in [0.5, 0.6) is 0 Å². The lowest BCUT2D eigenvalue weighted by atomic mass is 10.1. The maximum atomic E-state index is 5.80. The van der Waals surface area contributed by atoms with Crippen molar-refractivity contribution >= 4 is 17.7 Å². The predicted molar refractivity (Wildman–Crippen MR) is 86.0 cm³/mol. The molecule has 5 nitrogen and oxygen atoms in total. The third-order valence-corrected chi connectivity index (χ3v) is 5.04. The molecule has 0 radical (unpaired) electrons. The summed E-state index contributed by atoms with van der Waals surface area (Å²) in [4.78, 5) is 2.38. The van der Waals surface area contributed by atoms with Crippen LogP contribution < -0.4 is 4.90 Å². The van der Waals surface area contributed by atoms with Crippen molar-refractivity contribution in [2.24, 2.45) is 0 Å². The summed E-state index contributed by atoms with van der Waals surface area (Å²) in [6.07, 6.45) is 8.37. The second-order valence-corrected chi connectivity index (χ2v) is 6.66. The van der Waals surface area contributed by atoms with Crippen molar-refractivity contribution in [2.75, 3.05) is 30.3 Å². The van der Waals surface area contributed by atoms with Crippen molar-refractivity contribution in [3.8, 4) is 0 Å². The first-order chi connectivity index (χ1) is 10.4. The summed E-state index contributed by atoms with van der Waals surface area (Å²) in [5.74, 6) is 1.89. The van der Waals surface area contributed by atoms with E-state index >= 15 is 0 Å². The SMILES string of the molecule is C=CCSc1nnc(N2CCCCC2)n1C[C@H]1CCCO1. The van der Waals surface area contributed by atoms with E-state index in [2.05, 4.69) is 26.2 Å². The highest BCUT2D eigenvalue weighted by molar-refractivity contribution is 7.99. The summed E-state index contributed by atoms with van der Waals surface area (Å²) in [5, 5.41) is 9.86. The van der Waals surface area contributed by atoms with Crippen molar-refractivity contribution in [1.82, 2.24) is 14.8 Å². The van der Waals surface area contributed by atoms with Crippen molar-refractivity contribution < 1.29 is 4.74 Å². The highest BCUT2D eigenvalue weighted by Gasteiger charge is 2.24. The second-order valence-electron chi connectivity index (χ2n) is 5.68. The number of aromatic nitrogens is 3. The minimum absolute atomic E-state index is 0.313. The molecule has 0 spiro atoms. The van der Waals surface area contributed by atoms with Crippen LogP contribution in [0.3, 0.4) is 0 Å². The van der Waals surface area contributed by atoms with Gasteiger partial charge in [0.1, 0.15) is 0 Å². The molecule has 2 aliphatic heterocycles. The Bertz CT molecular complexity index is 464. The molecule has 21 heavy (non-hydrogen) atoms. The van der Waals surface area contributed by atoms with E-state index in [0.29, 0.717) is 6.10 Å². The zero-order valence-electron chi connectivity index (χ0n) is 12.5. The van der Waals surface area contributed by atoms with Gasteiger partial charge in [-0.05, 0) is 32.1 Å². The van der Waals surface area contributed by atoms with Crippen molar-refractivity contribution in [3.63, 3.8) is 0 Å². The van der Waals surface area contributed by atoms with Crippen LogP contribution in [0.2, 0.25) is 0 Å². The van der Waals surface area contributed by atoms with Gasteiger partial charge in [0.25, 0.3) is 0 Å². The molecule has 0 bridgehead atoms. The van der Waals surface area contributed by atoms with Gasteiger partial charge in [-0.25, -0.2) is 0 Å². The Morgan fingerprint density at radius 1 is 1.24 bits per heavy atom. The molecule has 3 rings (SSSR count). The van der Waals surface area contributed by atoms with Gasteiger partial charge < -0.3 is 9.64 Å². The highest BCUT2D eigenvalue weighted by Crippen LogP contribution is 2.26. The van der Waals surface area contributed by atoms with Gasteiger partial charge in [-0.3, -0.25) is 4.57 Å². The van der Waals surface area contributed by atoms with Gasteiger partial charge in [0.05, 0.1) is 12.6 Å². The van der Waals surface area contributed by atoms with Crippen LogP contribution in [-0.4, -0.2) is 46.3 Å². The van der Waals surface area contributed by atoms with Crippen LogP contribution in [0.15, 0.2) is 17.8 Å². The Balaban J connectivity index is 1.79. The van der Waals surface area contributed by atoms with Gasteiger partial charge in [0, 0.05) is 25.4 Å². The van der Waals surface area contributed by atoms with Gasteiger partial charge in [-0.15, -0.1) is 16.8 Å². The van der Waals surface area contributed by atoms with E-state index < -0.39 is 0 Å². The van der Waals surface area contributed by atoms with Gasteiger partial charge >= 0.3 is 0 Å². The number of ether oxygens (including phenoxy) is 1. The van der Waals surface area contributed by atoms with Crippen LogP contribution in [0.1, 0.15) is 32.1 Å². The number of rotatable bonds is 6. The number of nitrogens with zero attached hydrogens (tertiary/aromatic N) is 4. The average molecular weight is 308 g/mol. The second kappa shape index (κ2) is 7.31. The molecule has 1 aromatic heterocycles. The van der Waals surface area contributed by atoms with Crippen LogP contribution in [-0.2, 0) is 11.3 Å². The topological polar surface area (TPSA) is 43.2 Å². The summed E-state index contributed by atoms with van der Waals surface area (Å²) in [6, 6.07) is 0. The number of piperidine rings is 1. The predicted octanol–water partition coefficient (Wildman–Crippen LogP) is 2.73. The zero-order valence-corrected chi connectivity index (χ0v) is 13.4. The van der Waals surface area contributed by atoms with E-state index in [1.54, 1.807) is 11.8 Å². The summed E-state index contributed by atoms with van der Waals surface area (Å²) < 4.78 is 8.06. The maximum absolute atomic E-state index is 5.80. The fraction of sp³-hybridized carbons (Fsp3) is 0.733. The highest BCUT2D eigenvalue weighted by atomic mass is 32.2. The molecule has 3 heterocycles. The summed E-state index contributed by atoms with van der Waals surface area (Å²) in [6.45, 7) is 7.74. The normalized spacial score (nSPS) is 22.7. The van der Waals surface area contributed by atoms with Gasteiger partial charge in [-0.2, -0.15) is 0 Å². The fourth-order valence-electron chi connectivity index (χ4n) is 3.00. The van der Waals surface area contributed by atoms with E-state index in [4.69, 9.17) is 4.74 Å². The number of hydrogen-bond acceptors (Lipinski definition) is 5. The van der Waals surface area contributed by atoms with E-state index in [0.717, 1.165) is 49.5 Å². The Kier molecular flexibility index (Phi) is 5.19. The van der Waals surface area contributed by atoms with Crippen LogP contribution >= 0.6 is 11.8 Å². The van der Waals surface area contributed by atoms with E-state index in [-0.39, 0.29) is 0 Å². The van der Waals surface area contributed by atoms with Gasteiger partial charge in [0.15, 0.2) is 5.16 Å². The molecule has 1 atom stereocenters. The Morgan fingerprint density at radius 3 is 2.81 bits per heavy atom. The molecule has 2 saturated heterocycles. The number of thioether (sulfide) groups is 1. The Morgan fingerprint density at radius 2 is 2.10 bits per heavy atom. The number of hydrogen-bond donors (Lipinski definition) is 0. The number of anilines is 1. The third kappa shape index (κ3) is 3.61. The lowest BCUT2D eigenvalue weighted by Gasteiger charge is -2.28. The molecule has 0 N–H and O–H groups in total. The van der Waals surface area contributed by atoms with Gasteiger partial charge in [0.2, 0.25) is 5.95 Å². The quantitative estimate of drug-likeness (QED) is 0.597. The monoisotopic (exact) mass is 308 g/mol. The molecular weight excluding hydrogens is 284 g/mol. The standard InChI is InChI=1S/C15H24N4OS/c1-2-11-21-15-17-16-14(18-8-4-3-5-9-18)19(15)12-13-7-6-10-20-13/h2,13H,1,3-12H2/t13-/m1/s1. The molecule has 0 unspecified atom stereocenters. The van der Waals surface area contributed by atoms with E-state index in [9.17, 15) is 0 Å². The van der Waals surface area contributed by atoms with E-state index in [1.807, 2.05) is 6.08 Å². The molecule has 2 fully saturated rings. The lowest BCUT2D eigenvalue weighted by molar-refractivity contribution is 0.0952. The molecular formula is C15H24N4OS. The summed E-state index contributed by atoms with van der Waals surface area (Å²) >= 11 is 1.70. The molecule has 116 valence electrons. The van der Waals surface area contributed by atoms with Crippen molar-refractivity contribution in [3.05, 3.63) is 12.7 Å². The largest absolute Gasteiger partial charge is 0.376 e. The first-order valence-electron chi connectivity index (χ1n) is 7.92. The van der Waals surface area contributed by atoms with Crippen LogP contribution in [0.4, 0.5) is 5.95 Å². The third-order valence-electron chi connectivity index (χ3n) is 4.08. The van der Waals surface area contributed by atoms with Crippen molar-refractivity contribution in [2.45, 2.75) is 49.9 Å². The summed E-state index contributed by atoms with van der Waals surface area (Å²) in [7, 11) is 0. The van der Waals surface area contributed by atoms with E-state index in [1.165, 1.54) is 25.7 Å². The zero-order chi connectivity index (χ0) is 14.5. The minimum Gasteiger partial charge on any atom is -0.376 e. The molecule has 0 saturated carbocycles. The Labute approximate surface area is 130 Å². The molecule has 0 aliphatic carbocycles. The molecule has 0 aromatic carbocycles. The van der Waals surface area contributed by atoms with Gasteiger partial charge in [-0.1, -0.05) is 17.8 Å². The smallest absolute Gasteiger partial charge is 0.228 e.